The Balaban J connectivity index is 1.44. The summed E-state index contributed by atoms with van der Waals surface area (Å²) in [6.45, 7) is 3.00. The van der Waals surface area contributed by atoms with Gasteiger partial charge in [0.2, 0.25) is 0 Å². The van der Waals surface area contributed by atoms with Gasteiger partial charge in [-0.25, -0.2) is 4.98 Å². The minimum atomic E-state index is -4.69. The first-order chi connectivity index (χ1) is 11.5. The number of pyridine rings is 1. The van der Waals surface area contributed by atoms with Crippen molar-refractivity contribution in [2.75, 3.05) is 31.2 Å². The molecule has 0 aromatic carbocycles. The Hall–Kier alpha value is -1.54. The SMILES string of the molecule is FC(F)(F)Oc1ccc(N2CCC(OCC3CCCO3)CC2)nc1. The fourth-order valence-corrected chi connectivity index (χ4v) is 3.02. The van der Waals surface area contributed by atoms with E-state index in [1.54, 1.807) is 6.07 Å². The van der Waals surface area contributed by atoms with Crippen molar-refractivity contribution < 1.29 is 27.4 Å². The Morgan fingerprint density at radius 3 is 2.58 bits per heavy atom. The highest BCUT2D eigenvalue weighted by Gasteiger charge is 2.31. The van der Waals surface area contributed by atoms with Crippen molar-refractivity contribution in [1.82, 2.24) is 4.98 Å². The maximum absolute atomic E-state index is 12.1. The van der Waals surface area contributed by atoms with Crippen LogP contribution in [-0.2, 0) is 9.47 Å². The van der Waals surface area contributed by atoms with E-state index in [0.29, 0.717) is 12.4 Å². The second kappa shape index (κ2) is 7.57. The standard InChI is InChI=1S/C16H21F3N2O3/c17-16(18,19)24-13-3-4-15(20-10-13)21-7-5-12(6-8-21)23-11-14-2-1-9-22-14/h3-4,10,12,14H,1-2,5-9,11H2. The van der Waals surface area contributed by atoms with Crippen LogP contribution in [0.1, 0.15) is 25.7 Å². The van der Waals surface area contributed by atoms with Crippen LogP contribution in [0.25, 0.3) is 0 Å². The molecule has 24 heavy (non-hydrogen) atoms. The summed E-state index contributed by atoms with van der Waals surface area (Å²) in [5.41, 5.74) is 0. The molecule has 5 nitrogen and oxygen atoms in total. The second-order valence-corrected chi connectivity index (χ2v) is 6.05. The Morgan fingerprint density at radius 2 is 2.00 bits per heavy atom. The maximum atomic E-state index is 12.1. The highest BCUT2D eigenvalue weighted by atomic mass is 19.4. The molecule has 2 saturated heterocycles. The van der Waals surface area contributed by atoms with Crippen LogP contribution in [-0.4, -0.2) is 49.9 Å². The van der Waals surface area contributed by atoms with Crippen LogP contribution in [0, 0.1) is 0 Å². The van der Waals surface area contributed by atoms with Crippen molar-refractivity contribution in [1.29, 1.82) is 0 Å². The van der Waals surface area contributed by atoms with E-state index in [1.165, 1.54) is 6.07 Å². The van der Waals surface area contributed by atoms with Crippen molar-refractivity contribution in [2.24, 2.45) is 0 Å². The predicted octanol–water partition coefficient (Wildman–Crippen LogP) is 3.14. The fraction of sp³-hybridized carbons (Fsp3) is 0.688. The molecule has 8 heteroatoms. The number of piperidine rings is 1. The third-order valence-corrected chi connectivity index (χ3v) is 4.26. The van der Waals surface area contributed by atoms with Crippen molar-refractivity contribution in [3.8, 4) is 5.75 Å². The van der Waals surface area contributed by atoms with Gasteiger partial charge >= 0.3 is 6.36 Å². The van der Waals surface area contributed by atoms with Crippen LogP contribution >= 0.6 is 0 Å². The maximum Gasteiger partial charge on any atom is 0.573 e. The first kappa shape index (κ1) is 17.3. The van der Waals surface area contributed by atoms with Crippen LogP contribution < -0.4 is 9.64 Å². The summed E-state index contributed by atoms with van der Waals surface area (Å²) in [6, 6.07) is 2.84. The smallest absolute Gasteiger partial charge is 0.404 e. The molecule has 1 aromatic heterocycles. The normalized spacial score (nSPS) is 22.8. The zero-order chi connectivity index (χ0) is 17.0. The first-order valence-corrected chi connectivity index (χ1v) is 8.19. The monoisotopic (exact) mass is 346 g/mol. The van der Waals surface area contributed by atoms with Crippen molar-refractivity contribution in [3.63, 3.8) is 0 Å². The minimum Gasteiger partial charge on any atom is -0.404 e. The lowest BCUT2D eigenvalue weighted by atomic mass is 10.1. The number of nitrogens with zero attached hydrogens (tertiary/aromatic N) is 2. The first-order valence-electron chi connectivity index (χ1n) is 8.19. The van der Waals surface area contributed by atoms with Crippen LogP contribution in [0.4, 0.5) is 19.0 Å². The average molecular weight is 346 g/mol. The van der Waals surface area contributed by atoms with Crippen molar-refractivity contribution in [2.45, 2.75) is 44.3 Å². The van der Waals surface area contributed by atoms with Gasteiger partial charge in [-0.1, -0.05) is 0 Å². The van der Waals surface area contributed by atoms with Gasteiger partial charge in [0, 0.05) is 19.7 Å². The molecular weight excluding hydrogens is 325 g/mol. The van der Waals surface area contributed by atoms with Crippen LogP contribution in [0.2, 0.25) is 0 Å². The van der Waals surface area contributed by atoms with Gasteiger partial charge in [-0.15, -0.1) is 13.2 Å². The molecule has 0 radical (unpaired) electrons. The molecule has 0 N–H and O–H groups in total. The molecule has 0 spiro atoms. The Labute approximate surface area is 138 Å². The zero-order valence-electron chi connectivity index (χ0n) is 13.3. The lowest BCUT2D eigenvalue weighted by Gasteiger charge is -2.33. The fourth-order valence-electron chi connectivity index (χ4n) is 3.02. The van der Waals surface area contributed by atoms with Crippen molar-refractivity contribution >= 4 is 5.82 Å². The summed E-state index contributed by atoms with van der Waals surface area (Å²) in [7, 11) is 0. The van der Waals surface area contributed by atoms with Crippen LogP contribution in [0.15, 0.2) is 18.3 Å². The summed E-state index contributed by atoms with van der Waals surface area (Å²) in [4.78, 5) is 6.11. The summed E-state index contributed by atoms with van der Waals surface area (Å²) >= 11 is 0. The van der Waals surface area contributed by atoms with Gasteiger partial charge in [-0.3, -0.25) is 0 Å². The molecule has 0 saturated carbocycles. The summed E-state index contributed by atoms with van der Waals surface area (Å²) < 4.78 is 51.7. The molecule has 0 bridgehead atoms. The summed E-state index contributed by atoms with van der Waals surface area (Å²) in [6.07, 6.45) is 0.750. The van der Waals surface area contributed by atoms with Gasteiger partial charge in [0.05, 0.1) is 25.0 Å². The van der Waals surface area contributed by atoms with E-state index in [2.05, 4.69) is 9.72 Å². The molecule has 2 aliphatic heterocycles. The van der Waals surface area contributed by atoms with E-state index >= 15 is 0 Å². The Morgan fingerprint density at radius 1 is 1.21 bits per heavy atom. The van der Waals surface area contributed by atoms with Gasteiger partial charge in [-0.05, 0) is 37.8 Å². The number of anilines is 1. The molecule has 3 heterocycles. The molecule has 2 aliphatic rings. The van der Waals surface area contributed by atoms with E-state index in [4.69, 9.17) is 9.47 Å². The molecule has 0 aliphatic carbocycles. The minimum absolute atomic E-state index is 0.207. The molecule has 2 fully saturated rings. The molecule has 1 unspecified atom stereocenters. The topological polar surface area (TPSA) is 43.8 Å². The lowest BCUT2D eigenvalue weighted by molar-refractivity contribution is -0.274. The van der Waals surface area contributed by atoms with Crippen LogP contribution in [0.5, 0.6) is 5.75 Å². The quantitative estimate of drug-likeness (QED) is 0.819. The van der Waals surface area contributed by atoms with Gasteiger partial charge < -0.3 is 19.1 Å². The number of hydrogen-bond acceptors (Lipinski definition) is 5. The largest absolute Gasteiger partial charge is 0.573 e. The second-order valence-electron chi connectivity index (χ2n) is 6.05. The highest BCUT2D eigenvalue weighted by molar-refractivity contribution is 5.41. The number of halogens is 3. The number of ether oxygens (including phenoxy) is 3. The van der Waals surface area contributed by atoms with E-state index in [1.807, 2.05) is 4.90 Å². The molecule has 1 atom stereocenters. The van der Waals surface area contributed by atoms with E-state index in [9.17, 15) is 13.2 Å². The van der Waals surface area contributed by atoms with Crippen LogP contribution in [0.3, 0.4) is 0 Å². The predicted molar refractivity (Wildman–Crippen MR) is 81.1 cm³/mol. The average Bonchev–Trinajstić information content (AvgIpc) is 3.06. The molecule has 134 valence electrons. The molecule has 0 amide bonds. The number of hydrogen-bond donors (Lipinski definition) is 0. The number of alkyl halides is 3. The summed E-state index contributed by atoms with van der Waals surface area (Å²) in [5, 5.41) is 0. The molecular formula is C16H21F3N2O3. The summed E-state index contributed by atoms with van der Waals surface area (Å²) in [5.74, 6) is 0.350. The lowest BCUT2D eigenvalue weighted by Crippen LogP contribution is -2.38. The van der Waals surface area contributed by atoms with E-state index < -0.39 is 6.36 Å². The van der Waals surface area contributed by atoms with E-state index in [-0.39, 0.29) is 18.0 Å². The highest BCUT2D eigenvalue weighted by Crippen LogP contribution is 2.25. The number of aromatic nitrogens is 1. The molecule has 1 aromatic rings. The zero-order valence-corrected chi connectivity index (χ0v) is 13.3. The third kappa shape index (κ3) is 4.98. The Bertz CT molecular complexity index is 510. The Kier molecular flexibility index (Phi) is 5.45. The van der Waals surface area contributed by atoms with Crippen molar-refractivity contribution in [3.05, 3.63) is 18.3 Å². The van der Waals surface area contributed by atoms with Gasteiger partial charge in [-0.2, -0.15) is 0 Å². The van der Waals surface area contributed by atoms with Gasteiger partial charge in [0.25, 0.3) is 0 Å². The molecule has 3 rings (SSSR count). The third-order valence-electron chi connectivity index (χ3n) is 4.26. The number of rotatable bonds is 5. The van der Waals surface area contributed by atoms with Gasteiger partial charge in [0.15, 0.2) is 0 Å². The van der Waals surface area contributed by atoms with Gasteiger partial charge in [0.1, 0.15) is 11.6 Å². The van der Waals surface area contributed by atoms with E-state index in [0.717, 1.165) is 51.6 Å².